The monoisotopic (exact) mass is 548 g/mol. The maximum Gasteiger partial charge on any atom is 0.231 e. The zero-order valence-electron chi connectivity index (χ0n) is 20.6. The molecule has 1 amide bonds. The summed E-state index contributed by atoms with van der Waals surface area (Å²) in [6.45, 7) is 4.01. The summed E-state index contributed by atoms with van der Waals surface area (Å²) in [5.74, 6) is -1.31. The average Bonchev–Trinajstić information content (AvgIpc) is 3.51. The molecule has 0 saturated heterocycles. The number of carbonyl (C=O) groups excluding carboxylic acids is 2. The van der Waals surface area contributed by atoms with E-state index in [2.05, 4.69) is 15.5 Å². The number of nitrogens with one attached hydrogen (secondary N) is 2. The van der Waals surface area contributed by atoms with Crippen LogP contribution in [0.2, 0.25) is 10.0 Å². The number of amides is 1. The Labute approximate surface area is 227 Å². The van der Waals surface area contributed by atoms with E-state index in [0.717, 1.165) is 16.7 Å². The van der Waals surface area contributed by atoms with E-state index in [9.17, 15) is 14.7 Å². The molecule has 10 heteroatoms. The van der Waals surface area contributed by atoms with Crippen LogP contribution in [0.3, 0.4) is 0 Å². The first-order valence-corrected chi connectivity index (χ1v) is 12.4. The Morgan fingerprint density at radius 1 is 1.00 bits per heavy atom. The number of benzene rings is 2. The van der Waals surface area contributed by atoms with E-state index in [0.29, 0.717) is 32.3 Å². The molecule has 192 valence electrons. The van der Waals surface area contributed by atoms with Gasteiger partial charge in [0, 0.05) is 34.8 Å². The van der Waals surface area contributed by atoms with Crippen LogP contribution in [0.1, 0.15) is 31.3 Å². The van der Waals surface area contributed by atoms with Crippen molar-refractivity contribution >= 4 is 51.7 Å². The van der Waals surface area contributed by atoms with Gasteiger partial charge in [0.15, 0.2) is 5.76 Å². The van der Waals surface area contributed by atoms with Crippen molar-refractivity contribution in [3.05, 3.63) is 76.7 Å². The van der Waals surface area contributed by atoms with E-state index in [1.807, 2.05) is 30.3 Å². The largest absolute Gasteiger partial charge is 0.432 e. The number of fused-ring (bicyclic) bond motifs is 1. The quantitative estimate of drug-likeness (QED) is 0.201. The molecule has 0 unspecified atom stereocenters. The number of H-pyrrole nitrogens is 1. The predicted octanol–water partition coefficient (Wildman–Crippen LogP) is 6.77. The number of furan rings is 1. The van der Waals surface area contributed by atoms with Gasteiger partial charge in [0.2, 0.25) is 17.4 Å². The molecule has 0 aliphatic rings. The molecule has 0 atom stereocenters. The fraction of sp³-hybridized carbons (Fsp3) is 0.143. The summed E-state index contributed by atoms with van der Waals surface area (Å²) in [7, 11) is 0. The van der Waals surface area contributed by atoms with Gasteiger partial charge in [-0.3, -0.25) is 14.7 Å². The van der Waals surface area contributed by atoms with Gasteiger partial charge in [-0.25, -0.2) is 4.98 Å². The lowest BCUT2D eigenvalue weighted by molar-refractivity contribution is -0.114. The lowest BCUT2D eigenvalue weighted by atomic mass is 9.96. The molecule has 0 radical (unpaired) electrons. The topological polar surface area (TPSA) is 121 Å². The Kier molecular flexibility index (Phi) is 6.56. The molecule has 0 aliphatic carbocycles. The van der Waals surface area contributed by atoms with Gasteiger partial charge in [-0.05, 0) is 49.2 Å². The molecule has 38 heavy (non-hydrogen) atoms. The lowest BCUT2D eigenvalue weighted by Crippen LogP contribution is -2.31. The van der Waals surface area contributed by atoms with Crippen molar-refractivity contribution in [2.75, 3.05) is 5.32 Å². The third-order valence-corrected chi connectivity index (χ3v) is 6.52. The van der Waals surface area contributed by atoms with E-state index in [1.165, 1.54) is 20.8 Å². The molecule has 5 aromatic rings. The molecule has 0 spiro atoms. The molecule has 3 N–H and O–H groups in total. The van der Waals surface area contributed by atoms with Crippen molar-refractivity contribution in [3.8, 4) is 33.5 Å². The van der Waals surface area contributed by atoms with Gasteiger partial charge in [0.25, 0.3) is 0 Å². The molecule has 8 nitrogen and oxygen atoms in total. The number of hydrogen-bond acceptors (Lipinski definition) is 6. The van der Waals surface area contributed by atoms with Crippen LogP contribution in [0.15, 0.2) is 65.3 Å². The molecule has 3 aromatic heterocycles. The van der Waals surface area contributed by atoms with Crippen molar-refractivity contribution in [3.63, 3.8) is 0 Å². The second kappa shape index (κ2) is 9.72. The zero-order valence-corrected chi connectivity index (χ0v) is 22.1. The molecule has 0 bridgehead atoms. The summed E-state index contributed by atoms with van der Waals surface area (Å²) in [4.78, 5) is 29.8. The smallest absolute Gasteiger partial charge is 0.231 e. The number of hydrogen-bond donors (Lipinski definition) is 3. The zero-order chi connectivity index (χ0) is 27.2. The van der Waals surface area contributed by atoms with Crippen LogP contribution in [-0.4, -0.2) is 37.6 Å². The SMILES string of the molecule is CC(=O)Nc1c(C(=O)C(C)(C)O)oc2nc(-c3ccc(-c4cn[nH]c4)cc3Cl)c(-c3ccc(Cl)cc3)cc12. The van der Waals surface area contributed by atoms with Crippen molar-refractivity contribution < 1.29 is 19.1 Å². The van der Waals surface area contributed by atoms with Crippen molar-refractivity contribution in [1.29, 1.82) is 0 Å². The van der Waals surface area contributed by atoms with Crippen LogP contribution < -0.4 is 5.32 Å². The molecule has 2 aromatic carbocycles. The van der Waals surface area contributed by atoms with Gasteiger partial charge in [-0.2, -0.15) is 5.10 Å². The highest BCUT2D eigenvalue weighted by molar-refractivity contribution is 6.34. The number of Topliss-reactive ketones (excluding diaryl/α,β-unsaturated/α-hetero) is 1. The summed E-state index contributed by atoms with van der Waals surface area (Å²) in [6, 6.07) is 14.5. The fourth-order valence-corrected chi connectivity index (χ4v) is 4.51. The van der Waals surface area contributed by atoms with Crippen molar-refractivity contribution in [1.82, 2.24) is 15.2 Å². The van der Waals surface area contributed by atoms with Gasteiger partial charge in [-0.15, -0.1) is 0 Å². The highest BCUT2D eigenvalue weighted by Crippen LogP contribution is 2.42. The summed E-state index contributed by atoms with van der Waals surface area (Å²) < 4.78 is 5.87. The summed E-state index contributed by atoms with van der Waals surface area (Å²) in [5.41, 5.74) is 2.80. The number of rotatable bonds is 6. The predicted molar refractivity (Wildman–Crippen MR) is 147 cm³/mol. The Balaban J connectivity index is 1.79. The Morgan fingerprint density at radius 3 is 2.32 bits per heavy atom. The molecule has 0 fully saturated rings. The summed E-state index contributed by atoms with van der Waals surface area (Å²) in [5, 5.41) is 21.2. The van der Waals surface area contributed by atoms with E-state index in [1.54, 1.807) is 30.6 Å². The number of halogens is 2. The molecule has 0 aliphatic heterocycles. The molecule has 0 saturated carbocycles. The van der Waals surface area contributed by atoms with Crippen molar-refractivity contribution in [2.24, 2.45) is 0 Å². The van der Waals surface area contributed by atoms with Crippen LogP contribution in [-0.2, 0) is 4.79 Å². The third kappa shape index (κ3) is 4.81. The second-order valence-corrected chi connectivity index (χ2v) is 10.1. The first-order valence-electron chi connectivity index (χ1n) is 11.6. The molecule has 3 heterocycles. The molecular formula is C28H22Cl2N4O4. The van der Waals surface area contributed by atoms with E-state index in [4.69, 9.17) is 32.6 Å². The number of nitrogens with zero attached hydrogens (tertiary/aromatic N) is 2. The number of carbonyl (C=O) groups is 2. The van der Waals surface area contributed by atoms with Gasteiger partial charge in [0.1, 0.15) is 11.3 Å². The highest BCUT2D eigenvalue weighted by Gasteiger charge is 2.33. The van der Waals surface area contributed by atoms with Gasteiger partial charge >= 0.3 is 0 Å². The lowest BCUT2D eigenvalue weighted by Gasteiger charge is -2.14. The minimum Gasteiger partial charge on any atom is -0.432 e. The summed E-state index contributed by atoms with van der Waals surface area (Å²) >= 11 is 12.9. The van der Waals surface area contributed by atoms with Gasteiger partial charge in [0.05, 0.1) is 22.3 Å². The third-order valence-electron chi connectivity index (χ3n) is 5.96. The van der Waals surface area contributed by atoms with Crippen LogP contribution in [0.25, 0.3) is 44.6 Å². The van der Waals surface area contributed by atoms with Crippen LogP contribution >= 0.6 is 23.2 Å². The van der Waals surface area contributed by atoms with Crippen molar-refractivity contribution in [2.45, 2.75) is 26.4 Å². The Hall–Kier alpha value is -3.98. The second-order valence-electron chi connectivity index (χ2n) is 9.30. The number of aromatic nitrogens is 3. The first kappa shape index (κ1) is 25.7. The standard InChI is InChI=1S/C28H22Cl2N4O4/c1-14(35)33-24-21-11-20(15-4-7-18(29)8-5-15)23(34-27(21)38-25(24)26(36)28(2,3)37)19-9-6-16(10-22(19)30)17-12-31-32-13-17/h4-13,37H,1-3H3,(H,31,32)(H,33,35). The number of anilines is 1. The maximum atomic E-state index is 13.0. The van der Waals surface area contributed by atoms with Gasteiger partial charge in [-0.1, -0.05) is 47.5 Å². The summed E-state index contributed by atoms with van der Waals surface area (Å²) in [6.07, 6.45) is 3.46. The number of aliphatic hydroxyl groups is 1. The normalized spacial score (nSPS) is 11.6. The van der Waals surface area contributed by atoms with Crippen LogP contribution in [0.4, 0.5) is 5.69 Å². The Morgan fingerprint density at radius 2 is 1.71 bits per heavy atom. The van der Waals surface area contributed by atoms with Crippen LogP contribution in [0, 0.1) is 0 Å². The van der Waals surface area contributed by atoms with Crippen LogP contribution in [0.5, 0.6) is 0 Å². The first-order chi connectivity index (χ1) is 18.0. The van der Waals surface area contributed by atoms with Gasteiger partial charge < -0.3 is 14.8 Å². The fourth-order valence-electron chi connectivity index (χ4n) is 4.11. The number of aromatic amines is 1. The van der Waals surface area contributed by atoms with E-state index in [-0.39, 0.29) is 17.2 Å². The highest BCUT2D eigenvalue weighted by atomic mass is 35.5. The maximum absolute atomic E-state index is 13.0. The molecular weight excluding hydrogens is 527 g/mol. The molecule has 5 rings (SSSR count). The minimum absolute atomic E-state index is 0.101. The minimum atomic E-state index is -1.74. The Bertz CT molecular complexity index is 1690. The van der Waals surface area contributed by atoms with E-state index < -0.39 is 17.3 Å². The number of pyridine rings is 1. The average molecular weight is 549 g/mol. The van der Waals surface area contributed by atoms with E-state index >= 15 is 0 Å². The number of ketones is 1.